The van der Waals surface area contributed by atoms with Crippen molar-refractivity contribution in [2.45, 2.75) is 19.8 Å². The number of carbonyl (C=O) groups is 1. The highest BCUT2D eigenvalue weighted by atomic mass is 32.1. The maximum Gasteiger partial charge on any atom is 0.293 e. The standard InChI is InChI=1S/C21H22N4O3S/c1-14-6-5-11-24(13-14)17-10-9-15(12-18(17)25(27)28)20(26)23(2)21-22-16-7-3-4-8-19(16)29-21/h3-4,7-10,12,14H,5-6,11,13H2,1-2H3. The van der Waals surface area contributed by atoms with Crippen LogP contribution in [0.2, 0.25) is 0 Å². The first-order chi connectivity index (χ1) is 13.9. The van der Waals surface area contributed by atoms with Crippen LogP contribution in [0.5, 0.6) is 0 Å². The summed E-state index contributed by atoms with van der Waals surface area (Å²) in [5, 5.41) is 12.3. The zero-order valence-corrected chi connectivity index (χ0v) is 17.2. The van der Waals surface area contributed by atoms with Gasteiger partial charge >= 0.3 is 0 Å². The fourth-order valence-electron chi connectivity index (χ4n) is 3.76. The first-order valence-electron chi connectivity index (χ1n) is 9.61. The molecule has 1 fully saturated rings. The predicted octanol–water partition coefficient (Wildman–Crippen LogP) is 4.72. The number of aromatic nitrogens is 1. The molecule has 0 radical (unpaired) electrons. The van der Waals surface area contributed by atoms with Crippen LogP contribution < -0.4 is 9.80 Å². The third kappa shape index (κ3) is 3.80. The Morgan fingerprint density at radius 1 is 1.31 bits per heavy atom. The first-order valence-corrected chi connectivity index (χ1v) is 10.4. The van der Waals surface area contributed by atoms with E-state index in [1.54, 1.807) is 19.2 Å². The van der Waals surface area contributed by atoms with Crippen molar-refractivity contribution in [3.05, 3.63) is 58.1 Å². The van der Waals surface area contributed by atoms with Crippen molar-refractivity contribution in [2.24, 2.45) is 5.92 Å². The van der Waals surface area contributed by atoms with Crippen LogP contribution in [0.25, 0.3) is 10.2 Å². The molecule has 1 aliphatic heterocycles. The number of fused-ring (bicyclic) bond motifs is 1. The van der Waals surface area contributed by atoms with Gasteiger partial charge in [-0.1, -0.05) is 30.4 Å². The molecular weight excluding hydrogens is 388 g/mol. The Labute approximate surface area is 172 Å². The number of nitrogens with zero attached hydrogens (tertiary/aromatic N) is 4. The van der Waals surface area contributed by atoms with Gasteiger partial charge in [0.1, 0.15) is 5.69 Å². The highest BCUT2D eigenvalue weighted by Crippen LogP contribution is 2.34. The van der Waals surface area contributed by atoms with E-state index < -0.39 is 4.92 Å². The number of carbonyl (C=O) groups excluding carboxylic acids is 1. The summed E-state index contributed by atoms with van der Waals surface area (Å²) < 4.78 is 0.989. The number of hydrogen-bond donors (Lipinski definition) is 0. The molecule has 1 aliphatic rings. The van der Waals surface area contributed by atoms with Gasteiger partial charge in [0.2, 0.25) is 0 Å². The summed E-state index contributed by atoms with van der Waals surface area (Å²) in [7, 11) is 1.64. The average molecular weight is 410 g/mol. The van der Waals surface area contributed by atoms with E-state index in [1.807, 2.05) is 24.3 Å². The van der Waals surface area contributed by atoms with E-state index in [-0.39, 0.29) is 17.2 Å². The molecule has 0 N–H and O–H groups in total. The highest BCUT2D eigenvalue weighted by molar-refractivity contribution is 7.22. The Morgan fingerprint density at radius 3 is 2.83 bits per heavy atom. The van der Waals surface area contributed by atoms with Crippen LogP contribution in [-0.4, -0.2) is 36.0 Å². The number of hydrogen-bond acceptors (Lipinski definition) is 6. The number of nitro groups is 1. The minimum absolute atomic E-state index is 0.0253. The molecule has 29 heavy (non-hydrogen) atoms. The number of benzene rings is 2. The zero-order valence-electron chi connectivity index (χ0n) is 16.4. The molecule has 2 heterocycles. The van der Waals surface area contributed by atoms with Crippen LogP contribution in [0.3, 0.4) is 0 Å². The molecule has 0 bridgehead atoms. The molecule has 3 aromatic rings. The van der Waals surface area contributed by atoms with Gasteiger partial charge in [0.15, 0.2) is 5.13 Å². The number of piperidine rings is 1. The summed E-state index contributed by atoms with van der Waals surface area (Å²) in [5.74, 6) is 0.181. The second-order valence-electron chi connectivity index (χ2n) is 7.48. The molecule has 7 nitrogen and oxygen atoms in total. The fraction of sp³-hybridized carbons (Fsp3) is 0.333. The lowest BCUT2D eigenvalue weighted by atomic mass is 9.99. The maximum atomic E-state index is 13.0. The van der Waals surface area contributed by atoms with E-state index in [9.17, 15) is 14.9 Å². The van der Waals surface area contributed by atoms with Crippen molar-refractivity contribution in [2.75, 3.05) is 29.9 Å². The number of thiazole rings is 1. The SMILES string of the molecule is CC1CCCN(c2ccc(C(=O)N(C)c3nc4ccccc4s3)cc2[N+](=O)[O-])C1. The van der Waals surface area contributed by atoms with Crippen LogP contribution in [-0.2, 0) is 0 Å². The van der Waals surface area contributed by atoms with Crippen molar-refractivity contribution in [3.8, 4) is 0 Å². The van der Waals surface area contributed by atoms with Gasteiger partial charge < -0.3 is 4.90 Å². The van der Waals surface area contributed by atoms with E-state index in [0.29, 0.717) is 16.7 Å². The second-order valence-corrected chi connectivity index (χ2v) is 8.49. The summed E-state index contributed by atoms with van der Waals surface area (Å²) in [6.07, 6.45) is 2.15. The predicted molar refractivity (Wildman–Crippen MR) is 116 cm³/mol. The van der Waals surface area contributed by atoms with Gasteiger partial charge in [0.05, 0.1) is 15.1 Å². The van der Waals surface area contributed by atoms with E-state index in [2.05, 4.69) is 16.8 Å². The number of nitro benzene ring substituents is 1. The van der Waals surface area contributed by atoms with E-state index in [0.717, 1.165) is 36.1 Å². The van der Waals surface area contributed by atoms with Crippen molar-refractivity contribution >= 4 is 44.0 Å². The molecule has 0 aliphatic carbocycles. The largest absolute Gasteiger partial charge is 0.366 e. The Balaban J connectivity index is 1.64. The number of rotatable bonds is 4. The summed E-state index contributed by atoms with van der Waals surface area (Å²) >= 11 is 1.42. The van der Waals surface area contributed by atoms with Crippen molar-refractivity contribution in [1.29, 1.82) is 0 Å². The summed E-state index contributed by atoms with van der Waals surface area (Å²) in [6.45, 7) is 3.74. The fourth-order valence-corrected chi connectivity index (χ4v) is 4.69. The van der Waals surface area contributed by atoms with Gasteiger partial charge in [-0.15, -0.1) is 0 Å². The van der Waals surface area contributed by atoms with Crippen molar-refractivity contribution < 1.29 is 9.72 Å². The van der Waals surface area contributed by atoms with Crippen LogP contribution >= 0.6 is 11.3 Å². The molecular formula is C21H22N4O3S. The number of anilines is 2. The molecule has 150 valence electrons. The summed E-state index contributed by atoms with van der Waals surface area (Å²) in [5.41, 5.74) is 1.67. The lowest BCUT2D eigenvalue weighted by Crippen LogP contribution is -2.34. The van der Waals surface area contributed by atoms with E-state index >= 15 is 0 Å². The summed E-state index contributed by atoms with van der Waals surface area (Å²) in [4.78, 5) is 32.3. The first kappa shape index (κ1) is 19.3. The van der Waals surface area contributed by atoms with E-state index in [1.165, 1.54) is 22.3 Å². The quantitative estimate of drug-likeness (QED) is 0.459. The van der Waals surface area contributed by atoms with E-state index in [4.69, 9.17) is 0 Å². The molecule has 8 heteroatoms. The van der Waals surface area contributed by atoms with Gasteiger partial charge in [-0.05, 0) is 43.0 Å². The lowest BCUT2D eigenvalue weighted by molar-refractivity contribution is -0.384. The maximum absolute atomic E-state index is 13.0. The van der Waals surface area contributed by atoms with Crippen molar-refractivity contribution in [3.63, 3.8) is 0 Å². The number of amides is 1. The van der Waals surface area contributed by atoms with Gasteiger partial charge in [0.25, 0.3) is 11.6 Å². The lowest BCUT2D eigenvalue weighted by Gasteiger charge is -2.32. The third-order valence-corrected chi connectivity index (χ3v) is 6.40. The van der Waals surface area contributed by atoms with Gasteiger partial charge in [-0.3, -0.25) is 19.8 Å². The van der Waals surface area contributed by atoms with Crippen molar-refractivity contribution in [1.82, 2.24) is 4.98 Å². The second kappa shape index (κ2) is 7.79. The normalized spacial score (nSPS) is 16.8. The monoisotopic (exact) mass is 410 g/mol. The zero-order chi connectivity index (χ0) is 20.5. The molecule has 1 saturated heterocycles. The van der Waals surface area contributed by atoms with Crippen LogP contribution in [0.1, 0.15) is 30.1 Å². The van der Waals surface area contributed by atoms with Crippen LogP contribution in [0, 0.1) is 16.0 Å². The molecule has 1 unspecified atom stereocenters. The van der Waals surface area contributed by atoms with Gasteiger partial charge in [-0.2, -0.15) is 0 Å². The number of para-hydroxylation sites is 1. The van der Waals surface area contributed by atoms with Crippen LogP contribution in [0.15, 0.2) is 42.5 Å². The minimum atomic E-state index is -0.400. The molecule has 1 aromatic heterocycles. The molecule has 4 rings (SSSR count). The molecule has 1 amide bonds. The Kier molecular flexibility index (Phi) is 5.19. The topological polar surface area (TPSA) is 79.6 Å². The Morgan fingerprint density at radius 2 is 2.10 bits per heavy atom. The Bertz CT molecular complexity index is 1050. The van der Waals surface area contributed by atoms with Crippen LogP contribution in [0.4, 0.5) is 16.5 Å². The smallest absolute Gasteiger partial charge is 0.293 e. The summed E-state index contributed by atoms with van der Waals surface area (Å²) in [6, 6.07) is 12.4. The minimum Gasteiger partial charge on any atom is -0.366 e. The molecule has 0 spiro atoms. The van der Waals surface area contributed by atoms with Gasteiger partial charge in [-0.25, -0.2) is 4.98 Å². The molecule has 0 saturated carbocycles. The Hall–Kier alpha value is -3.00. The average Bonchev–Trinajstić information content (AvgIpc) is 3.16. The van der Waals surface area contributed by atoms with Gasteiger partial charge in [0, 0.05) is 31.8 Å². The third-order valence-electron chi connectivity index (χ3n) is 5.29. The molecule has 1 atom stereocenters. The highest BCUT2D eigenvalue weighted by Gasteiger charge is 2.26. The molecule has 2 aromatic carbocycles.